The number of nitrogens with zero attached hydrogens (tertiary/aromatic N) is 6. The highest BCUT2D eigenvalue weighted by atomic mass is 15.3. The summed E-state index contributed by atoms with van der Waals surface area (Å²) in [5.41, 5.74) is 4.39. The minimum atomic E-state index is 0.661. The highest BCUT2D eigenvalue weighted by Gasteiger charge is 2.09. The van der Waals surface area contributed by atoms with Crippen LogP contribution in [0, 0.1) is 13.8 Å². The van der Waals surface area contributed by atoms with Gasteiger partial charge in [0, 0.05) is 51.5 Å². The van der Waals surface area contributed by atoms with Gasteiger partial charge in [-0.15, -0.1) is 0 Å². The predicted octanol–water partition coefficient (Wildman–Crippen LogP) is 2.43. The van der Waals surface area contributed by atoms with Crippen LogP contribution in [0.3, 0.4) is 0 Å². The van der Waals surface area contributed by atoms with Crippen LogP contribution in [0.1, 0.15) is 22.6 Å². The lowest BCUT2D eigenvalue weighted by Gasteiger charge is -2.22. The second kappa shape index (κ2) is 8.07. The summed E-state index contributed by atoms with van der Waals surface area (Å²) in [5, 5.41) is 7.87. The molecule has 3 rings (SSSR count). The van der Waals surface area contributed by atoms with Gasteiger partial charge in [0.2, 0.25) is 0 Å². The monoisotopic (exact) mass is 365 g/mol. The minimum Gasteiger partial charge on any atom is -0.353 e. The Balaban J connectivity index is 1.61. The molecule has 7 nitrogen and oxygen atoms in total. The number of guanidine groups is 1. The summed E-state index contributed by atoms with van der Waals surface area (Å²) < 4.78 is 3.98. The molecule has 7 heteroatoms. The Kier molecular flexibility index (Phi) is 5.59. The van der Waals surface area contributed by atoms with Gasteiger partial charge in [0.05, 0.1) is 12.2 Å². The molecule has 0 amide bonds. The maximum absolute atomic E-state index is 4.55. The number of hydrogen-bond donors (Lipinski definition) is 1. The third-order valence-corrected chi connectivity index (χ3v) is 4.51. The number of nitrogens with one attached hydrogen (secondary N) is 1. The molecule has 3 heterocycles. The normalized spacial score (nSPS) is 11.7. The fraction of sp³-hybridized carbons (Fsp3) is 0.350. The van der Waals surface area contributed by atoms with E-state index in [2.05, 4.69) is 61.3 Å². The molecule has 3 aromatic rings. The zero-order chi connectivity index (χ0) is 19.4. The fourth-order valence-electron chi connectivity index (χ4n) is 3.05. The van der Waals surface area contributed by atoms with E-state index in [4.69, 9.17) is 0 Å². The first kappa shape index (κ1) is 18.7. The lowest BCUT2D eigenvalue weighted by atomic mass is 10.3. The van der Waals surface area contributed by atoms with Crippen molar-refractivity contribution in [1.82, 2.24) is 29.5 Å². The number of rotatable bonds is 5. The van der Waals surface area contributed by atoms with Gasteiger partial charge in [-0.2, -0.15) is 5.10 Å². The van der Waals surface area contributed by atoms with Crippen LogP contribution in [-0.2, 0) is 20.1 Å². The number of aliphatic imine (C=N–C) groups is 1. The van der Waals surface area contributed by atoms with Crippen LogP contribution in [0.25, 0.3) is 5.82 Å². The lowest BCUT2D eigenvalue weighted by Crippen LogP contribution is -2.38. The summed E-state index contributed by atoms with van der Waals surface area (Å²) in [7, 11) is 5.88. The molecule has 0 bridgehead atoms. The first-order chi connectivity index (χ1) is 13.0. The molecule has 1 N–H and O–H groups in total. The zero-order valence-electron chi connectivity index (χ0n) is 16.6. The van der Waals surface area contributed by atoms with Crippen LogP contribution in [0.15, 0.2) is 47.7 Å². The molecule has 0 saturated carbocycles. The molecule has 0 aliphatic carbocycles. The van der Waals surface area contributed by atoms with Gasteiger partial charge in [-0.25, -0.2) is 9.67 Å². The van der Waals surface area contributed by atoms with E-state index in [0.717, 1.165) is 35.3 Å². The summed E-state index contributed by atoms with van der Waals surface area (Å²) in [6.07, 6.45) is 3.93. The lowest BCUT2D eigenvalue weighted by molar-refractivity contribution is 0.461. The summed E-state index contributed by atoms with van der Waals surface area (Å²) in [4.78, 5) is 11.0. The van der Waals surface area contributed by atoms with Crippen molar-refractivity contribution in [3.8, 4) is 5.82 Å². The largest absolute Gasteiger partial charge is 0.353 e. The predicted molar refractivity (Wildman–Crippen MR) is 108 cm³/mol. The molecule has 0 unspecified atom stereocenters. The minimum absolute atomic E-state index is 0.661. The Hall–Kier alpha value is -3.09. The van der Waals surface area contributed by atoms with Gasteiger partial charge in [0.15, 0.2) is 11.8 Å². The molecule has 0 saturated heterocycles. The molecular weight excluding hydrogens is 338 g/mol. The molecule has 3 aromatic heterocycles. The van der Waals surface area contributed by atoms with Gasteiger partial charge >= 0.3 is 0 Å². The van der Waals surface area contributed by atoms with Crippen LogP contribution in [-0.4, -0.2) is 44.3 Å². The second-order valence-corrected chi connectivity index (χ2v) is 6.73. The summed E-state index contributed by atoms with van der Waals surface area (Å²) in [6, 6.07) is 10.3. The Bertz CT molecular complexity index is 918. The van der Waals surface area contributed by atoms with Crippen molar-refractivity contribution in [2.45, 2.75) is 26.9 Å². The highest BCUT2D eigenvalue weighted by molar-refractivity contribution is 5.79. The molecule has 0 aliphatic rings. The van der Waals surface area contributed by atoms with Crippen molar-refractivity contribution in [2.24, 2.45) is 12.0 Å². The van der Waals surface area contributed by atoms with Crippen molar-refractivity contribution in [1.29, 1.82) is 0 Å². The van der Waals surface area contributed by atoms with Crippen molar-refractivity contribution >= 4 is 5.96 Å². The standard InChI is InChI=1S/C20H27N7/c1-15-11-16(2)27(24-15)19-9-8-17(12-22-19)13-23-20(21-3)26(5)14-18-7-6-10-25(18)4/h6-12H,13-14H2,1-5H3,(H,21,23). The molecule has 0 atom stereocenters. The molecule has 142 valence electrons. The molecule has 0 fully saturated rings. The van der Waals surface area contributed by atoms with Crippen LogP contribution < -0.4 is 5.32 Å². The maximum Gasteiger partial charge on any atom is 0.194 e. The van der Waals surface area contributed by atoms with Gasteiger partial charge < -0.3 is 14.8 Å². The molecule has 0 aromatic carbocycles. The number of pyridine rings is 1. The smallest absolute Gasteiger partial charge is 0.194 e. The van der Waals surface area contributed by atoms with Crippen molar-refractivity contribution in [3.05, 3.63) is 65.4 Å². The molecule has 0 aliphatic heterocycles. The Morgan fingerprint density at radius 2 is 2.07 bits per heavy atom. The van der Waals surface area contributed by atoms with Gasteiger partial charge in [-0.05, 0) is 43.7 Å². The van der Waals surface area contributed by atoms with Gasteiger partial charge in [0.1, 0.15) is 0 Å². The van der Waals surface area contributed by atoms with Crippen molar-refractivity contribution in [3.63, 3.8) is 0 Å². The van der Waals surface area contributed by atoms with Crippen molar-refractivity contribution < 1.29 is 0 Å². The summed E-state index contributed by atoms with van der Waals surface area (Å²) in [6.45, 7) is 5.47. The number of aryl methyl sites for hydroxylation is 3. The molecule has 27 heavy (non-hydrogen) atoms. The first-order valence-corrected chi connectivity index (χ1v) is 8.98. The van der Waals surface area contributed by atoms with E-state index >= 15 is 0 Å². The average Bonchev–Trinajstić information content (AvgIpc) is 3.20. The average molecular weight is 365 g/mol. The van der Waals surface area contributed by atoms with Gasteiger partial charge in [-0.1, -0.05) is 6.07 Å². The fourth-order valence-corrected chi connectivity index (χ4v) is 3.05. The zero-order valence-corrected chi connectivity index (χ0v) is 16.6. The third kappa shape index (κ3) is 4.36. The van der Waals surface area contributed by atoms with Crippen LogP contribution in [0.2, 0.25) is 0 Å². The van der Waals surface area contributed by atoms with E-state index in [1.54, 1.807) is 7.05 Å². The number of aromatic nitrogens is 4. The first-order valence-electron chi connectivity index (χ1n) is 8.98. The van der Waals surface area contributed by atoms with E-state index in [0.29, 0.717) is 6.54 Å². The van der Waals surface area contributed by atoms with Crippen molar-refractivity contribution in [2.75, 3.05) is 14.1 Å². The topological polar surface area (TPSA) is 63.3 Å². The van der Waals surface area contributed by atoms with Crippen LogP contribution in [0.5, 0.6) is 0 Å². The summed E-state index contributed by atoms with van der Waals surface area (Å²) >= 11 is 0. The second-order valence-electron chi connectivity index (χ2n) is 6.73. The SMILES string of the molecule is CN=C(NCc1ccc(-n2nc(C)cc2C)nc1)N(C)Cc1cccn1C. The number of hydrogen-bond acceptors (Lipinski definition) is 3. The maximum atomic E-state index is 4.55. The van der Waals surface area contributed by atoms with E-state index in [1.165, 1.54) is 5.69 Å². The van der Waals surface area contributed by atoms with E-state index in [9.17, 15) is 0 Å². The molecule has 0 spiro atoms. The summed E-state index contributed by atoms with van der Waals surface area (Å²) in [5.74, 6) is 1.67. The molecule has 0 radical (unpaired) electrons. The van der Waals surface area contributed by atoms with Crippen LogP contribution in [0.4, 0.5) is 0 Å². The van der Waals surface area contributed by atoms with E-state index in [1.807, 2.05) is 43.9 Å². The van der Waals surface area contributed by atoms with Crippen LogP contribution >= 0.6 is 0 Å². The van der Waals surface area contributed by atoms with E-state index < -0.39 is 0 Å². The quantitative estimate of drug-likeness (QED) is 0.557. The third-order valence-electron chi connectivity index (χ3n) is 4.51. The Morgan fingerprint density at radius 1 is 1.26 bits per heavy atom. The Labute approximate surface area is 160 Å². The Morgan fingerprint density at radius 3 is 2.63 bits per heavy atom. The van der Waals surface area contributed by atoms with Gasteiger partial charge in [-0.3, -0.25) is 4.99 Å². The van der Waals surface area contributed by atoms with Gasteiger partial charge in [0.25, 0.3) is 0 Å². The molecular formula is C20H27N7. The highest BCUT2D eigenvalue weighted by Crippen LogP contribution is 2.10. The van der Waals surface area contributed by atoms with E-state index in [-0.39, 0.29) is 0 Å².